The third-order valence-corrected chi connectivity index (χ3v) is 4.72. The maximum atomic E-state index is 11.9. The monoisotopic (exact) mass is 379 g/mol. The van der Waals surface area contributed by atoms with Crippen LogP contribution in [0.2, 0.25) is 5.15 Å². The van der Waals surface area contributed by atoms with Gasteiger partial charge in [0, 0.05) is 38.8 Å². The average Bonchev–Trinajstić information content (AvgIpc) is 3.13. The third kappa shape index (κ3) is 8.04. The molecule has 0 unspecified atom stereocenters. The van der Waals surface area contributed by atoms with Gasteiger partial charge in [0.25, 0.3) is 0 Å². The molecule has 0 aromatic carbocycles. The Morgan fingerprint density at radius 3 is 2.69 bits per heavy atom. The van der Waals surface area contributed by atoms with Crippen LogP contribution < -0.4 is 16.0 Å². The predicted octanol–water partition coefficient (Wildman–Crippen LogP) is 2.53. The van der Waals surface area contributed by atoms with Gasteiger partial charge in [-0.25, -0.2) is 4.98 Å². The average molecular weight is 380 g/mol. The zero-order valence-corrected chi connectivity index (χ0v) is 16.3. The number of halogens is 1. The highest BCUT2D eigenvalue weighted by atomic mass is 35.5. The lowest BCUT2D eigenvalue weighted by Gasteiger charge is -2.13. The van der Waals surface area contributed by atoms with Crippen LogP contribution in [0.15, 0.2) is 23.3 Å². The molecule has 7 heteroatoms. The summed E-state index contributed by atoms with van der Waals surface area (Å²) in [6, 6.07) is 3.75. The van der Waals surface area contributed by atoms with Crippen molar-refractivity contribution in [3.05, 3.63) is 29.0 Å². The molecule has 0 atom stereocenters. The van der Waals surface area contributed by atoms with Gasteiger partial charge < -0.3 is 16.0 Å². The molecule has 2 rings (SSSR count). The lowest BCUT2D eigenvalue weighted by Crippen LogP contribution is -2.41. The fraction of sp³-hybridized carbons (Fsp3) is 0.632. The summed E-state index contributed by atoms with van der Waals surface area (Å²) in [5.41, 5.74) is 1.10. The zero-order valence-electron chi connectivity index (χ0n) is 15.6. The first-order valence-corrected chi connectivity index (χ1v) is 9.94. The first-order chi connectivity index (χ1) is 12.7. The zero-order chi connectivity index (χ0) is 18.6. The molecule has 0 radical (unpaired) electrons. The molecular formula is C19H30ClN5O. The smallest absolute Gasteiger partial charge is 0.220 e. The van der Waals surface area contributed by atoms with E-state index < -0.39 is 0 Å². The molecule has 1 aliphatic rings. The quantitative estimate of drug-likeness (QED) is 0.266. The summed E-state index contributed by atoms with van der Waals surface area (Å²) in [6.07, 6.45) is 8.19. The second kappa shape index (κ2) is 11.7. The van der Waals surface area contributed by atoms with E-state index in [1.165, 1.54) is 25.7 Å². The van der Waals surface area contributed by atoms with Gasteiger partial charge in [-0.15, -0.1) is 0 Å². The van der Waals surface area contributed by atoms with Gasteiger partial charge in [-0.3, -0.25) is 9.79 Å². The Morgan fingerprint density at radius 1 is 1.23 bits per heavy atom. The number of guanidine groups is 1. The minimum Gasteiger partial charge on any atom is -0.357 e. The molecule has 1 heterocycles. The molecule has 0 saturated heterocycles. The number of pyridine rings is 1. The molecule has 1 amide bonds. The highest BCUT2D eigenvalue weighted by molar-refractivity contribution is 6.29. The summed E-state index contributed by atoms with van der Waals surface area (Å²) in [5.74, 6) is 1.51. The lowest BCUT2D eigenvalue weighted by molar-refractivity contribution is -0.121. The summed E-state index contributed by atoms with van der Waals surface area (Å²) in [6.45, 7) is 4.75. The van der Waals surface area contributed by atoms with Crippen molar-refractivity contribution in [2.75, 3.05) is 26.2 Å². The number of aliphatic imine (C=N–C) groups is 1. The normalized spacial score (nSPS) is 15.1. The van der Waals surface area contributed by atoms with Crippen molar-refractivity contribution in [2.24, 2.45) is 10.9 Å². The highest BCUT2D eigenvalue weighted by Crippen LogP contribution is 2.27. The Labute approximate surface area is 161 Å². The Hall–Kier alpha value is -1.82. The van der Waals surface area contributed by atoms with Gasteiger partial charge in [0.05, 0.1) is 0 Å². The number of hydrogen-bond donors (Lipinski definition) is 3. The number of nitrogens with one attached hydrogen (secondary N) is 3. The molecule has 6 nitrogen and oxygen atoms in total. The van der Waals surface area contributed by atoms with Crippen LogP contribution in [0, 0.1) is 5.92 Å². The number of carbonyl (C=O) groups is 1. The number of amides is 1. The molecule has 0 aliphatic heterocycles. The van der Waals surface area contributed by atoms with Gasteiger partial charge in [-0.05, 0) is 43.7 Å². The Balaban J connectivity index is 1.64. The topological polar surface area (TPSA) is 78.4 Å². The lowest BCUT2D eigenvalue weighted by atomic mass is 10.0. The Morgan fingerprint density at radius 2 is 2.00 bits per heavy atom. The van der Waals surface area contributed by atoms with Crippen molar-refractivity contribution >= 4 is 23.5 Å². The van der Waals surface area contributed by atoms with E-state index in [-0.39, 0.29) is 5.91 Å². The van der Waals surface area contributed by atoms with E-state index in [2.05, 4.69) is 25.9 Å². The maximum Gasteiger partial charge on any atom is 0.220 e. The van der Waals surface area contributed by atoms with Crippen LogP contribution in [-0.2, 0) is 11.2 Å². The van der Waals surface area contributed by atoms with E-state index >= 15 is 0 Å². The second-order valence-electron chi connectivity index (χ2n) is 6.63. The third-order valence-electron chi connectivity index (χ3n) is 4.49. The van der Waals surface area contributed by atoms with Crippen molar-refractivity contribution in [1.82, 2.24) is 20.9 Å². The summed E-state index contributed by atoms with van der Waals surface area (Å²) >= 11 is 5.79. The van der Waals surface area contributed by atoms with Crippen LogP contribution in [0.5, 0.6) is 0 Å². The number of nitrogens with zero attached hydrogens (tertiary/aromatic N) is 2. The standard InChI is InChI=1S/C19H30ClN5O/c1-2-21-19(23-10-9-16-7-8-17(20)25-14-16)24-12-11-22-18(26)13-15-5-3-4-6-15/h7-8,14-15H,2-6,9-13H2,1H3,(H,22,26)(H2,21,23,24). The van der Waals surface area contributed by atoms with Gasteiger partial charge in [0.2, 0.25) is 5.91 Å². The van der Waals surface area contributed by atoms with E-state index in [9.17, 15) is 4.79 Å². The molecule has 3 N–H and O–H groups in total. The van der Waals surface area contributed by atoms with E-state index in [1.807, 2.05) is 13.0 Å². The minimum atomic E-state index is 0.163. The van der Waals surface area contributed by atoms with Crippen LogP contribution in [0.1, 0.15) is 44.6 Å². The van der Waals surface area contributed by atoms with Crippen molar-refractivity contribution in [1.29, 1.82) is 0 Å². The Kier molecular flexibility index (Phi) is 9.24. The Bertz CT molecular complexity index is 570. The minimum absolute atomic E-state index is 0.163. The molecule has 0 spiro atoms. The molecule has 1 fully saturated rings. The molecule has 0 bridgehead atoms. The van der Waals surface area contributed by atoms with E-state index in [0.29, 0.717) is 37.1 Å². The van der Waals surface area contributed by atoms with Gasteiger partial charge in [-0.1, -0.05) is 30.5 Å². The summed E-state index contributed by atoms with van der Waals surface area (Å²) in [5, 5.41) is 9.96. The fourth-order valence-corrected chi connectivity index (χ4v) is 3.24. The van der Waals surface area contributed by atoms with Gasteiger partial charge in [-0.2, -0.15) is 0 Å². The van der Waals surface area contributed by atoms with E-state index in [4.69, 9.17) is 11.6 Å². The SMILES string of the molecule is CCNC(=NCCc1ccc(Cl)nc1)NCCNC(=O)CC1CCCC1. The first kappa shape index (κ1) is 20.5. The molecular weight excluding hydrogens is 350 g/mol. The molecule has 1 aliphatic carbocycles. The summed E-state index contributed by atoms with van der Waals surface area (Å²) in [7, 11) is 0. The predicted molar refractivity (Wildman–Crippen MR) is 107 cm³/mol. The number of aromatic nitrogens is 1. The van der Waals surface area contributed by atoms with Gasteiger partial charge in [0.1, 0.15) is 5.15 Å². The van der Waals surface area contributed by atoms with Crippen molar-refractivity contribution in [2.45, 2.75) is 45.4 Å². The molecule has 144 valence electrons. The van der Waals surface area contributed by atoms with E-state index in [1.54, 1.807) is 12.3 Å². The highest BCUT2D eigenvalue weighted by Gasteiger charge is 2.17. The first-order valence-electron chi connectivity index (χ1n) is 9.56. The van der Waals surface area contributed by atoms with Crippen LogP contribution in [0.3, 0.4) is 0 Å². The second-order valence-corrected chi connectivity index (χ2v) is 7.02. The van der Waals surface area contributed by atoms with Crippen molar-refractivity contribution in [3.8, 4) is 0 Å². The molecule has 1 aromatic rings. The summed E-state index contributed by atoms with van der Waals surface area (Å²) in [4.78, 5) is 20.5. The molecule has 1 saturated carbocycles. The van der Waals surface area contributed by atoms with Crippen LogP contribution in [-0.4, -0.2) is 43.0 Å². The largest absolute Gasteiger partial charge is 0.357 e. The molecule has 1 aromatic heterocycles. The van der Waals surface area contributed by atoms with Crippen LogP contribution in [0.4, 0.5) is 0 Å². The van der Waals surface area contributed by atoms with Crippen LogP contribution >= 0.6 is 11.6 Å². The molecule has 26 heavy (non-hydrogen) atoms. The maximum absolute atomic E-state index is 11.9. The van der Waals surface area contributed by atoms with Crippen molar-refractivity contribution in [3.63, 3.8) is 0 Å². The van der Waals surface area contributed by atoms with Gasteiger partial charge in [0.15, 0.2) is 5.96 Å². The van der Waals surface area contributed by atoms with Gasteiger partial charge >= 0.3 is 0 Å². The van der Waals surface area contributed by atoms with E-state index in [0.717, 1.165) is 24.5 Å². The van der Waals surface area contributed by atoms with Crippen LogP contribution in [0.25, 0.3) is 0 Å². The number of hydrogen-bond acceptors (Lipinski definition) is 3. The fourth-order valence-electron chi connectivity index (χ4n) is 3.12. The van der Waals surface area contributed by atoms with Crippen molar-refractivity contribution < 1.29 is 4.79 Å². The summed E-state index contributed by atoms with van der Waals surface area (Å²) < 4.78 is 0. The number of carbonyl (C=O) groups excluding carboxylic acids is 1. The number of rotatable bonds is 9.